The minimum absolute atomic E-state index is 0.171. The quantitative estimate of drug-likeness (QED) is 0.589. The Kier molecular flexibility index (Phi) is 2.65. The zero-order chi connectivity index (χ0) is 8.97. The molecule has 1 unspecified atom stereocenters. The van der Waals surface area contributed by atoms with Crippen LogP contribution in [0, 0.1) is 0 Å². The van der Waals surface area contributed by atoms with Gasteiger partial charge in [-0.05, 0) is 0 Å². The van der Waals surface area contributed by atoms with Crippen molar-refractivity contribution in [1.29, 1.82) is 0 Å². The van der Waals surface area contributed by atoms with E-state index in [2.05, 4.69) is 15.2 Å². The van der Waals surface area contributed by atoms with E-state index in [1.54, 1.807) is 0 Å². The molecular formula is C6H8N4O2. The monoisotopic (exact) mass is 168 g/mol. The summed E-state index contributed by atoms with van der Waals surface area (Å²) in [6.45, 7) is 0. The van der Waals surface area contributed by atoms with E-state index in [9.17, 15) is 4.79 Å². The third kappa shape index (κ3) is 2.24. The van der Waals surface area contributed by atoms with E-state index in [0.717, 1.165) is 0 Å². The lowest BCUT2D eigenvalue weighted by Gasteiger charge is -2.03. The van der Waals surface area contributed by atoms with Gasteiger partial charge in [0.15, 0.2) is 0 Å². The van der Waals surface area contributed by atoms with Crippen molar-refractivity contribution in [2.24, 2.45) is 5.73 Å². The van der Waals surface area contributed by atoms with Crippen LogP contribution >= 0.6 is 0 Å². The lowest BCUT2D eigenvalue weighted by atomic mass is 10.2. The first-order valence-corrected chi connectivity index (χ1v) is 3.30. The number of carboxylic acid groups (broad SMARTS) is 1. The molecule has 3 N–H and O–H groups in total. The van der Waals surface area contributed by atoms with Crippen molar-refractivity contribution < 1.29 is 9.90 Å². The molecule has 0 saturated heterocycles. The number of aromatic nitrogens is 3. The predicted molar refractivity (Wildman–Crippen MR) is 39.1 cm³/mol. The van der Waals surface area contributed by atoms with Gasteiger partial charge < -0.3 is 10.8 Å². The van der Waals surface area contributed by atoms with Gasteiger partial charge in [0.2, 0.25) is 0 Å². The Balaban J connectivity index is 2.58. The third-order valence-electron chi connectivity index (χ3n) is 1.29. The van der Waals surface area contributed by atoms with Crippen LogP contribution in [0.25, 0.3) is 0 Å². The number of carboxylic acids is 1. The highest BCUT2D eigenvalue weighted by Crippen LogP contribution is 1.93. The van der Waals surface area contributed by atoms with Gasteiger partial charge in [-0.25, -0.2) is 4.98 Å². The summed E-state index contributed by atoms with van der Waals surface area (Å²) in [5.74, 6) is -1.05. The van der Waals surface area contributed by atoms with Gasteiger partial charge in [0.25, 0.3) is 0 Å². The summed E-state index contributed by atoms with van der Waals surface area (Å²) in [5.41, 5.74) is 5.79. The molecule has 0 bridgehead atoms. The summed E-state index contributed by atoms with van der Waals surface area (Å²) in [4.78, 5) is 14.1. The molecule has 0 aromatic carbocycles. The summed E-state index contributed by atoms with van der Waals surface area (Å²) < 4.78 is 0. The van der Waals surface area contributed by atoms with E-state index in [1.807, 2.05) is 0 Å². The number of rotatable bonds is 3. The van der Waals surface area contributed by atoms with E-state index < -0.39 is 12.0 Å². The Morgan fingerprint density at radius 3 is 2.92 bits per heavy atom. The third-order valence-corrected chi connectivity index (χ3v) is 1.29. The maximum Gasteiger partial charge on any atom is 0.320 e. The first kappa shape index (κ1) is 8.54. The Bertz CT molecular complexity index is 264. The average molecular weight is 168 g/mol. The minimum atomic E-state index is -1.05. The van der Waals surface area contributed by atoms with Crippen LogP contribution in [0.1, 0.15) is 5.69 Å². The molecule has 0 aliphatic carbocycles. The van der Waals surface area contributed by atoms with E-state index in [1.165, 1.54) is 12.5 Å². The largest absolute Gasteiger partial charge is 0.480 e. The minimum Gasteiger partial charge on any atom is -0.480 e. The highest BCUT2D eigenvalue weighted by molar-refractivity contribution is 5.73. The van der Waals surface area contributed by atoms with Gasteiger partial charge in [-0.15, -0.1) is 5.10 Å². The van der Waals surface area contributed by atoms with Gasteiger partial charge in [0.1, 0.15) is 12.4 Å². The molecule has 0 aliphatic heterocycles. The topological polar surface area (TPSA) is 102 Å². The number of nitrogens with zero attached hydrogens (tertiary/aromatic N) is 3. The Hall–Kier alpha value is -1.56. The molecule has 0 aliphatic rings. The molecule has 0 saturated carbocycles. The van der Waals surface area contributed by atoms with Gasteiger partial charge in [-0.2, -0.15) is 5.10 Å². The van der Waals surface area contributed by atoms with E-state index >= 15 is 0 Å². The van der Waals surface area contributed by atoms with Crippen molar-refractivity contribution >= 4 is 5.97 Å². The lowest BCUT2D eigenvalue weighted by molar-refractivity contribution is -0.138. The molecule has 6 heteroatoms. The predicted octanol–water partition coefficient (Wildman–Crippen LogP) is -1.17. The molecule has 12 heavy (non-hydrogen) atoms. The Labute approximate surface area is 68.4 Å². The normalized spacial score (nSPS) is 12.4. The maximum absolute atomic E-state index is 10.3. The van der Waals surface area contributed by atoms with Crippen molar-refractivity contribution in [3.8, 4) is 0 Å². The first-order valence-electron chi connectivity index (χ1n) is 3.30. The van der Waals surface area contributed by atoms with Crippen molar-refractivity contribution in [3.05, 3.63) is 18.2 Å². The van der Waals surface area contributed by atoms with Crippen molar-refractivity contribution in [1.82, 2.24) is 15.2 Å². The fraction of sp³-hybridized carbons (Fsp3) is 0.333. The first-order chi connectivity index (χ1) is 5.70. The Morgan fingerprint density at radius 1 is 1.67 bits per heavy atom. The Morgan fingerprint density at radius 2 is 2.42 bits per heavy atom. The maximum atomic E-state index is 10.3. The average Bonchev–Trinajstić information content (AvgIpc) is 2.06. The second-order valence-corrected chi connectivity index (χ2v) is 2.24. The summed E-state index contributed by atoms with van der Waals surface area (Å²) in [6.07, 6.45) is 2.82. The second kappa shape index (κ2) is 3.72. The SMILES string of the molecule is NC(Cc1cnncn1)C(=O)O. The summed E-state index contributed by atoms with van der Waals surface area (Å²) in [5, 5.41) is 15.4. The van der Waals surface area contributed by atoms with Gasteiger partial charge in [0, 0.05) is 6.42 Å². The summed E-state index contributed by atoms with van der Waals surface area (Å²) >= 11 is 0. The van der Waals surface area contributed by atoms with Crippen LogP contribution in [0.4, 0.5) is 0 Å². The molecule has 1 heterocycles. The molecule has 0 amide bonds. The molecule has 0 radical (unpaired) electrons. The molecule has 1 rings (SSSR count). The van der Waals surface area contributed by atoms with Crippen LogP contribution in [0.15, 0.2) is 12.5 Å². The van der Waals surface area contributed by atoms with Gasteiger partial charge in [0.05, 0.1) is 11.9 Å². The van der Waals surface area contributed by atoms with Crippen molar-refractivity contribution in [2.45, 2.75) is 12.5 Å². The number of carbonyl (C=O) groups is 1. The smallest absolute Gasteiger partial charge is 0.320 e. The molecule has 1 atom stereocenters. The standard InChI is InChI=1S/C6H8N4O2/c7-5(6(11)12)1-4-2-9-10-3-8-4/h2-3,5H,1,7H2,(H,11,12). The van der Waals surface area contributed by atoms with Crippen LogP contribution < -0.4 is 5.73 Å². The second-order valence-electron chi connectivity index (χ2n) is 2.24. The highest BCUT2D eigenvalue weighted by atomic mass is 16.4. The van der Waals surface area contributed by atoms with Crippen molar-refractivity contribution in [2.75, 3.05) is 0 Å². The van der Waals surface area contributed by atoms with Crippen LogP contribution in [0.5, 0.6) is 0 Å². The summed E-state index contributed by atoms with van der Waals surface area (Å²) in [7, 11) is 0. The highest BCUT2D eigenvalue weighted by Gasteiger charge is 2.12. The molecular weight excluding hydrogens is 160 g/mol. The molecule has 1 aromatic heterocycles. The van der Waals surface area contributed by atoms with Crippen LogP contribution in [-0.2, 0) is 11.2 Å². The number of hydrogen-bond acceptors (Lipinski definition) is 5. The number of nitrogens with two attached hydrogens (primary N) is 1. The van der Waals surface area contributed by atoms with E-state index in [0.29, 0.717) is 5.69 Å². The van der Waals surface area contributed by atoms with E-state index in [-0.39, 0.29) is 6.42 Å². The van der Waals surface area contributed by atoms with Crippen LogP contribution in [0.3, 0.4) is 0 Å². The zero-order valence-corrected chi connectivity index (χ0v) is 6.21. The molecule has 6 nitrogen and oxygen atoms in total. The zero-order valence-electron chi connectivity index (χ0n) is 6.21. The molecule has 1 aromatic rings. The van der Waals surface area contributed by atoms with Gasteiger partial charge in [-0.1, -0.05) is 0 Å². The number of aliphatic carboxylic acids is 1. The van der Waals surface area contributed by atoms with Crippen molar-refractivity contribution in [3.63, 3.8) is 0 Å². The fourth-order valence-corrected chi connectivity index (χ4v) is 0.681. The molecule has 0 spiro atoms. The van der Waals surface area contributed by atoms with E-state index in [4.69, 9.17) is 10.8 Å². The lowest BCUT2D eigenvalue weighted by Crippen LogP contribution is -2.32. The molecule has 0 fully saturated rings. The fourth-order valence-electron chi connectivity index (χ4n) is 0.681. The van der Waals surface area contributed by atoms with Gasteiger partial charge >= 0.3 is 5.97 Å². The van der Waals surface area contributed by atoms with Crippen LogP contribution in [-0.4, -0.2) is 32.3 Å². The summed E-state index contributed by atoms with van der Waals surface area (Å²) in [6, 6.07) is -0.929. The molecule has 64 valence electrons. The number of hydrogen-bond donors (Lipinski definition) is 2. The van der Waals surface area contributed by atoms with Crippen LogP contribution in [0.2, 0.25) is 0 Å². The van der Waals surface area contributed by atoms with Gasteiger partial charge in [-0.3, -0.25) is 4.79 Å².